The molecule has 0 aromatic carbocycles. The van der Waals surface area contributed by atoms with Crippen LogP contribution in [0.15, 0.2) is 12.2 Å². The Balaban J connectivity index is 0. The Hall–Kier alpha value is -0.870. The minimum Gasteiger partial charge on any atom is -0.478 e. The molecule has 0 radical (unpaired) electrons. The molecule has 0 unspecified atom stereocenters. The lowest BCUT2D eigenvalue weighted by Crippen LogP contribution is -2.26. The number of carboxylic acids is 1. The van der Waals surface area contributed by atoms with E-state index >= 15 is 0 Å². The molecule has 0 rings (SSSR count). The van der Waals surface area contributed by atoms with Gasteiger partial charge < -0.3 is 5.11 Å². The Bertz CT molecular complexity index is 132. The average molecular weight is 174 g/mol. The molecule has 4 nitrogen and oxygen atoms in total. The maximum absolute atomic E-state index is 9.60. The van der Waals surface area contributed by atoms with E-state index < -0.39 is 5.97 Å². The standard InChI is InChI=1S/C4H12N2.C4H6O2/c1-3-4-6(2)5;1-3(2)4(5)6/h3-5H2,1-2H3;1H2,2H3,(H,5,6). The van der Waals surface area contributed by atoms with E-state index in [1.54, 1.807) is 5.01 Å². The number of hydrogen-bond acceptors (Lipinski definition) is 3. The number of nitrogens with two attached hydrogens (primary N) is 1. The van der Waals surface area contributed by atoms with Gasteiger partial charge in [0, 0.05) is 19.2 Å². The number of rotatable bonds is 3. The molecule has 0 aliphatic rings. The van der Waals surface area contributed by atoms with Gasteiger partial charge in [-0.15, -0.1) is 0 Å². The third-order valence-corrected chi connectivity index (χ3v) is 0.941. The highest BCUT2D eigenvalue weighted by Gasteiger charge is 1.90. The van der Waals surface area contributed by atoms with E-state index in [0.29, 0.717) is 0 Å². The van der Waals surface area contributed by atoms with Gasteiger partial charge in [0.2, 0.25) is 0 Å². The zero-order chi connectivity index (χ0) is 10.1. The number of nitrogens with zero attached hydrogens (tertiary/aromatic N) is 1. The van der Waals surface area contributed by atoms with Crippen LogP contribution < -0.4 is 5.84 Å². The van der Waals surface area contributed by atoms with Crippen molar-refractivity contribution in [1.82, 2.24) is 5.01 Å². The first-order chi connectivity index (χ1) is 5.41. The summed E-state index contributed by atoms with van der Waals surface area (Å²) in [6, 6.07) is 0. The second-order valence-corrected chi connectivity index (χ2v) is 2.57. The number of hydrazine groups is 1. The van der Waals surface area contributed by atoms with Crippen LogP contribution in [0, 0.1) is 0 Å². The van der Waals surface area contributed by atoms with Crippen LogP contribution in [-0.4, -0.2) is 29.7 Å². The summed E-state index contributed by atoms with van der Waals surface area (Å²) in [4.78, 5) is 9.60. The molecule has 12 heavy (non-hydrogen) atoms. The van der Waals surface area contributed by atoms with Crippen molar-refractivity contribution < 1.29 is 9.90 Å². The van der Waals surface area contributed by atoms with Crippen LogP contribution in [-0.2, 0) is 4.79 Å². The number of carbonyl (C=O) groups is 1. The van der Waals surface area contributed by atoms with Gasteiger partial charge in [0.05, 0.1) is 0 Å². The maximum atomic E-state index is 9.60. The molecule has 0 atom stereocenters. The maximum Gasteiger partial charge on any atom is 0.330 e. The van der Waals surface area contributed by atoms with Crippen molar-refractivity contribution >= 4 is 5.97 Å². The molecule has 0 amide bonds. The fourth-order valence-corrected chi connectivity index (χ4v) is 0.353. The van der Waals surface area contributed by atoms with Gasteiger partial charge in [-0.3, -0.25) is 10.9 Å². The molecule has 72 valence electrons. The summed E-state index contributed by atoms with van der Waals surface area (Å²) in [6.45, 7) is 7.69. The van der Waals surface area contributed by atoms with Crippen molar-refractivity contribution in [3.63, 3.8) is 0 Å². The molecule has 0 saturated heterocycles. The molecule has 0 fully saturated rings. The minimum atomic E-state index is -0.935. The van der Waals surface area contributed by atoms with E-state index in [0.717, 1.165) is 13.0 Å². The molecule has 0 aliphatic heterocycles. The Morgan fingerprint density at radius 3 is 2.00 bits per heavy atom. The predicted octanol–water partition coefficient (Wildman–Crippen LogP) is 0.849. The summed E-state index contributed by atoms with van der Waals surface area (Å²) in [5.74, 6) is 4.30. The van der Waals surface area contributed by atoms with E-state index in [1.165, 1.54) is 6.92 Å². The summed E-state index contributed by atoms with van der Waals surface area (Å²) in [6.07, 6.45) is 1.13. The zero-order valence-corrected chi connectivity index (χ0v) is 8.00. The lowest BCUT2D eigenvalue weighted by Gasteiger charge is -2.03. The Morgan fingerprint density at radius 2 is 2.00 bits per heavy atom. The van der Waals surface area contributed by atoms with Crippen molar-refractivity contribution in [2.75, 3.05) is 13.6 Å². The van der Waals surface area contributed by atoms with E-state index in [1.807, 2.05) is 7.05 Å². The molecule has 0 bridgehead atoms. The van der Waals surface area contributed by atoms with Gasteiger partial charge in [-0.1, -0.05) is 13.5 Å². The predicted molar refractivity (Wildman–Crippen MR) is 49.6 cm³/mol. The SMILES string of the molecule is C=C(C)C(=O)O.CCCN(C)N. The van der Waals surface area contributed by atoms with Crippen LogP contribution >= 0.6 is 0 Å². The first-order valence-corrected chi connectivity index (χ1v) is 3.76. The first-order valence-electron chi connectivity index (χ1n) is 3.76. The van der Waals surface area contributed by atoms with Gasteiger partial charge in [-0.25, -0.2) is 4.79 Å². The van der Waals surface area contributed by atoms with Crippen molar-refractivity contribution in [1.29, 1.82) is 0 Å². The Labute approximate surface area is 73.6 Å². The topological polar surface area (TPSA) is 66.6 Å². The molecule has 3 N–H and O–H groups in total. The van der Waals surface area contributed by atoms with Crippen LogP contribution in [0.5, 0.6) is 0 Å². The molecule has 0 aromatic heterocycles. The molecular weight excluding hydrogens is 156 g/mol. The van der Waals surface area contributed by atoms with Crippen LogP contribution in [0.25, 0.3) is 0 Å². The highest BCUT2D eigenvalue weighted by atomic mass is 16.4. The Morgan fingerprint density at radius 1 is 1.67 bits per heavy atom. The smallest absolute Gasteiger partial charge is 0.330 e. The molecule has 4 heteroatoms. The third kappa shape index (κ3) is 16.1. The largest absolute Gasteiger partial charge is 0.478 e. The van der Waals surface area contributed by atoms with Gasteiger partial charge in [0.25, 0.3) is 0 Å². The molecule has 0 aliphatic carbocycles. The van der Waals surface area contributed by atoms with Crippen molar-refractivity contribution in [2.45, 2.75) is 20.3 Å². The van der Waals surface area contributed by atoms with Gasteiger partial charge in [0.1, 0.15) is 0 Å². The van der Waals surface area contributed by atoms with Gasteiger partial charge >= 0.3 is 5.97 Å². The van der Waals surface area contributed by atoms with Gasteiger partial charge in [-0.05, 0) is 13.3 Å². The quantitative estimate of drug-likeness (QED) is 0.378. The van der Waals surface area contributed by atoms with Crippen molar-refractivity contribution in [3.05, 3.63) is 12.2 Å². The number of carboxylic acid groups (broad SMARTS) is 1. The summed E-state index contributed by atoms with van der Waals surface area (Å²) >= 11 is 0. The van der Waals surface area contributed by atoms with Crippen molar-refractivity contribution in [3.8, 4) is 0 Å². The van der Waals surface area contributed by atoms with E-state index in [4.69, 9.17) is 10.9 Å². The van der Waals surface area contributed by atoms with Crippen LogP contribution in [0.3, 0.4) is 0 Å². The van der Waals surface area contributed by atoms with Gasteiger partial charge in [-0.2, -0.15) is 0 Å². The zero-order valence-electron chi connectivity index (χ0n) is 8.00. The normalized spacial score (nSPS) is 8.75. The molecule has 0 spiro atoms. The molecule has 0 saturated carbocycles. The highest BCUT2D eigenvalue weighted by molar-refractivity contribution is 5.84. The fraction of sp³-hybridized carbons (Fsp3) is 0.625. The van der Waals surface area contributed by atoms with E-state index in [2.05, 4.69) is 13.5 Å². The van der Waals surface area contributed by atoms with Crippen molar-refractivity contribution in [2.24, 2.45) is 5.84 Å². The summed E-state index contributed by atoms with van der Waals surface area (Å²) < 4.78 is 0. The lowest BCUT2D eigenvalue weighted by atomic mass is 10.4. The second-order valence-electron chi connectivity index (χ2n) is 2.57. The fourth-order valence-electron chi connectivity index (χ4n) is 0.353. The molecular formula is C8H18N2O2. The van der Waals surface area contributed by atoms with Crippen LogP contribution in [0.2, 0.25) is 0 Å². The number of aliphatic carboxylic acids is 1. The minimum absolute atomic E-state index is 0.176. The monoisotopic (exact) mass is 174 g/mol. The summed E-state index contributed by atoms with van der Waals surface area (Å²) in [5, 5.41) is 9.57. The Kier molecular flexibility index (Phi) is 9.40. The van der Waals surface area contributed by atoms with Gasteiger partial charge in [0.15, 0.2) is 0 Å². The third-order valence-electron chi connectivity index (χ3n) is 0.941. The van der Waals surface area contributed by atoms with Crippen LogP contribution in [0.1, 0.15) is 20.3 Å². The lowest BCUT2D eigenvalue weighted by molar-refractivity contribution is -0.132. The highest BCUT2D eigenvalue weighted by Crippen LogP contribution is 1.81. The number of hydrogen-bond donors (Lipinski definition) is 2. The first kappa shape index (κ1) is 13.7. The average Bonchev–Trinajstić information content (AvgIpc) is 1.87. The molecule has 0 heterocycles. The van der Waals surface area contributed by atoms with Crippen LogP contribution in [0.4, 0.5) is 0 Å². The molecule has 0 aromatic rings. The summed E-state index contributed by atoms with van der Waals surface area (Å²) in [5.41, 5.74) is 0.176. The second kappa shape index (κ2) is 8.23. The van der Waals surface area contributed by atoms with E-state index in [9.17, 15) is 4.79 Å². The summed E-state index contributed by atoms with van der Waals surface area (Å²) in [7, 11) is 1.86. The van der Waals surface area contributed by atoms with E-state index in [-0.39, 0.29) is 5.57 Å².